The fourth-order valence-electron chi connectivity index (χ4n) is 1.94. The summed E-state index contributed by atoms with van der Waals surface area (Å²) in [5.41, 5.74) is 6.92. The molecule has 150 valence electrons. The van der Waals surface area contributed by atoms with Gasteiger partial charge in [-0.3, -0.25) is 5.32 Å². The zero-order valence-corrected chi connectivity index (χ0v) is 18.1. The number of benzene rings is 1. The number of pyridine rings is 1. The molecule has 3 N–H and O–H groups in total. The number of anilines is 2. The monoisotopic (exact) mass is 401 g/mol. The second-order valence-corrected chi connectivity index (χ2v) is 12.5. The third-order valence-electron chi connectivity index (χ3n) is 4.62. The molecule has 0 unspecified atom stereocenters. The molecule has 0 spiro atoms. The van der Waals surface area contributed by atoms with Gasteiger partial charge in [0.05, 0.1) is 7.11 Å². The van der Waals surface area contributed by atoms with Gasteiger partial charge in [-0.2, -0.15) is 0 Å². The van der Waals surface area contributed by atoms with Crippen LogP contribution in [-0.2, 0) is 4.74 Å². The number of azo groups is 1. The molecule has 0 bridgehead atoms. The molecule has 2 aromatic rings. The van der Waals surface area contributed by atoms with Gasteiger partial charge in [0.1, 0.15) is 22.9 Å². The molecule has 0 aliphatic rings. The molecule has 8 nitrogen and oxygen atoms in total. The maximum atomic E-state index is 11.2. The Morgan fingerprint density at radius 3 is 2.36 bits per heavy atom. The van der Waals surface area contributed by atoms with Gasteiger partial charge in [0, 0.05) is 0 Å². The number of nitrogens with two attached hydrogens (primary N) is 1. The van der Waals surface area contributed by atoms with Crippen LogP contribution in [0.5, 0.6) is 5.75 Å². The molecule has 28 heavy (non-hydrogen) atoms. The van der Waals surface area contributed by atoms with Crippen LogP contribution >= 0.6 is 0 Å². The number of amides is 1. The third kappa shape index (κ3) is 5.29. The lowest BCUT2D eigenvalue weighted by molar-refractivity contribution is 0.187. The average molecular weight is 402 g/mol. The van der Waals surface area contributed by atoms with Gasteiger partial charge >= 0.3 is 6.09 Å². The summed E-state index contributed by atoms with van der Waals surface area (Å²) in [5.74, 6) is 1.10. The van der Waals surface area contributed by atoms with Crippen molar-refractivity contribution in [2.75, 3.05) is 18.2 Å². The van der Waals surface area contributed by atoms with Gasteiger partial charge in [-0.15, -0.1) is 10.2 Å². The Labute approximate surface area is 166 Å². The van der Waals surface area contributed by atoms with Crippen molar-refractivity contribution in [2.45, 2.75) is 38.9 Å². The molecule has 0 saturated heterocycles. The van der Waals surface area contributed by atoms with E-state index in [1.54, 1.807) is 12.1 Å². The number of nitrogens with zero attached hydrogens (tertiary/aromatic N) is 3. The third-order valence-corrected chi connectivity index (χ3v) is 8.96. The summed E-state index contributed by atoms with van der Waals surface area (Å²) in [7, 11) is -0.746. The molecule has 1 aromatic carbocycles. The second-order valence-electron chi connectivity index (χ2n) is 7.75. The van der Waals surface area contributed by atoms with Gasteiger partial charge in [-0.25, -0.2) is 9.78 Å². The molecule has 1 heterocycles. The summed E-state index contributed by atoms with van der Waals surface area (Å²) in [6.45, 7) is 10.9. The Bertz CT molecular complexity index is 878. The highest BCUT2D eigenvalue weighted by Gasteiger charge is 2.39. The Morgan fingerprint density at radius 1 is 1.11 bits per heavy atom. The summed E-state index contributed by atoms with van der Waals surface area (Å²) >= 11 is 0. The highest BCUT2D eigenvalue weighted by atomic mass is 28.4. The molecule has 0 fully saturated rings. The van der Waals surface area contributed by atoms with Gasteiger partial charge in [-0.1, -0.05) is 32.9 Å². The van der Waals surface area contributed by atoms with Gasteiger partial charge in [0.15, 0.2) is 5.82 Å². The van der Waals surface area contributed by atoms with Crippen molar-refractivity contribution in [3.8, 4) is 5.75 Å². The smallest absolute Gasteiger partial charge is 0.412 e. The molecule has 0 atom stereocenters. The summed E-state index contributed by atoms with van der Waals surface area (Å²) in [6, 6.07) is 10.7. The van der Waals surface area contributed by atoms with E-state index in [-0.39, 0.29) is 16.7 Å². The van der Waals surface area contributed by atoms with Crippen molar-refractivity contribution in [1.29, 1.82) is 0 Å². The minimum absolute atomic E-state index is 0.0636. The van der Waals surface area contributed by atoms with E-state index in [9.17, 15) is 4.79 Å². The van der Waals surface area contributed by atoms with Crippen LogP contribution in [0.2, 0.25) is 18.1 Å². The zero-order chi connectivity index (χ0) is 20.9. The van der Waals surface area contributed by atoms with Crippen molar-refractivity contribution in [2.24, 2.45) is 10.2 Å². The number of hydrogen-bond donors (Lipinski definition) is 2. The largest absolute Gasteiger partial charge is 0.542 e. The van der Waals surface area contributed by atoms with Crippen molar-refractivity contribution < 1.29 is 14.0 Å². The van der Waals surface area contributed by atoms with Crippen LogP contribution in [-0.4, -0.2) is 26.5 Å². The fraction of sp³-hybridized carbons (Fsp3) is 0.368. The summed E-state index contributed by atoms with van der Waals surface area (Å²) in [5, 5.41) is 11.0. The molecule has 0 saturated carbocycles. The van der Waals surface area contributed by atoms with Crippen LogP contribution in [0.1, 0.15) is 20.8 Å². The topological polar surface area (TPSA) is 111 Å². The van der Waals surface area contributed by atoms with Gasteiger partial charge < -0.3 is 14.9 Å². The zero-order valence-electron chi connectivity index (χ0n) is 17.1. The maximum Gasteiger partial charge on any atom is 0.412 e. The molecular weight excluding hydrogens is 374 g/mol. The van der Waals surface area contributed by atoms with Crippen molar-refractivity contribution >= 4 is 37.4 Å². The molecule has 0 radical (unpaired) electrons. The SMILES string of the molecule is COC(=O)Nc1ccc(/N=N/c2ccccc2O[Si](C)(C)C(C)(C)C)c(N)n1. The number of rotatable bonds is 5. The number of carbonyl (C=O) groups excluding carboxylic acids is 1. The maximum absolute atomic E-state index is 11.2. The normalized spacial score (nSPS) is 12.1. The van der Waals surface area contributed by atoms with E-state index in [1.165, 1.54) is 7.11 Å². The lowest BCUT2D eigenvalue weighted by Gasteiger charge is -2.36. The number of para-hydroxylation sites is 1. The van der Waals surface area contributed by atoms with E-state index in [4.69, 9.17) is 10.2 Å². The van der Waals surface area contributed by atoms with Gasteiger partial charge in [0.25, 0.3) is 8.32 Å². The lowest BCUT2D eigenvalue weighted by atomic mass is 10.2. The predicted molar refractivity (Wildman–Crippen MR) is 113 cm³/mol. The Morgan fingerprint density at radius 2 is 1.75 bits per heavy atom. The second kappa shape index (κ2) is 8.38. The Hall–Kier alpha value is -2.94. The Kier molecular flexibility index (Phi) is 6.40. The van der Waals surface area contributed by atoms with Crippen LogP contribution in [0.15, 0.2) is 46.6 Å². The first-order valence-electron chi connectivity index (χ1n) is 8.85. The number of nitrogens with one attached hydrogen (secondary N) is 1. The molecule has 1 aromatic heterocycles. The lowest BCUT2D eigenvalue weighted by Crippen LogP contribution is -2.43. The summed E-state index contributed by atoms with van der Waals surface area (Å²) in [4.78, 5) is 15.3. The number of aromatic nitrogens is 1. The average Bonchev–Trinajstić information content (AvgIpc) is 2.61. The molecule has 0 aliphatic carbocycles. The number of ether oxygens (including phenoxy) is 1. The van der Waals surface area contributed by atoms with Gasteiger partial charge in [0.2, 0.25) is 0 Å². The van der Waals surface area contributed by atoms with Crippen molar-refractivity contribution in [1.82, 2.24) is 4.98 Å². The van der Waals surface area contributed by atoms with E-state index >= 15 is 0 Å². The van der Waals surface area contributed by atoms with Crippen LogP contribution in [0, 0.1) is 0 Å². The highest BCUT2D eigenvalue weighted by Crippen LogP contribution is 2.40. The van der Waals surface area contributed by atoms with E-state index in [0.29, 0.717) is 17.1 Å². The minimum atomic E-state index is -2.01. The number of methoxy groups -OCH3 is 1. The first-order valence-corrected chi connectivity index (χ1v) is 11.8. The van der Waals surface area contributed by atoms with E-state index < -0.39 is 14.4 Å². The van der Waals surface area contributed by atoms with E-state index in [1.807, 2.05) is 24.3 Å². The molecular formula is C19H27N5O3Si. The van der Waals surface area contributed by atoms with Crippen molar-refractivity contribution in [3.63, 3.8) is 0 Å². The predicted octanol–water partition coefficient (Wildman–Crippen LogP) is 5.64. The van der Waals surface area contributed by atoms with Crippen molar-refractivity contribution in [3.05, 3.63) is 36.4 Å². The number of nitrogen functional groups attached to an aromatic ring is 1. The van der Waals surface area contributed by atoms with Crippen LogP contribution in [0.25, 0.3) is 0 Å². The van der Waals surface area contributed by atoms with Crippen LogP contribution < -0.4 is 15.5 Å². The standard InChI is InChI=1S/C19H27N5O3Si/c1-19(2,3)28(5,6)27-15-10-8-7-9-13(15)23-24-14-11-12-16(21-17(14)20)22-18(25)26-4/h7-12H,1-6H3,(H3,20,21,22,25)/b24-23+. The summed E-state index contributed by atoms with van der Waals surface area (Å²) < 4.78 is 10.9. The van der Waals surface area contributed by atoms with Gasteiger partial charge in [-0.05, 0) is 42.4 Å². The molecule has 2 rings (SSSR count). The van der Waals surface area contributed by atoms with E-state index in [0.717, 1.165) is 0 Å². The first kappa shape index (κ1) is 21.4. The van der Waals surface area contributed by atoms with Crippen LogP contribution in [0.4, 0.5) is 27.8 Å². The highest BCUT2D eigenvalue weighted by molar-refractivity contribution is 6.74. The molecule has 1 amide bonds. The fourth-order valence-corrected chi connectivity index (χ4v) is 2.97. The van der Waals surface area contributed by atoms with Crippen LogP contribution in [0.3, 0.4) is 0 Å². The molecule has 0 aliphatic heterocycles. The number of hydrogen-bond acceptors (Lipinski definition) is 7. The molecule has 9 heteroatoms. The first-order chi connectivity index (χ1) is 13.0. The van der Waals surface area contributed by atoms with E-state index in [2.05, 4.69) is 59.1 Å². The Balaban J connectivity index is 2.25. The minimum Gasteiger partial charge on any atom is -0.542 e. The summed E-state index contributed by atoms with van der Waals surface area (Å²) in [6.07, 6.45) is -0.627. The quantitative estimate of drug-likeness (QED) is 0.497. The number of carbonyl (C=O) groups is 1.